The number of imidazole rings is 1. The van der Waals surface area contributed by atoms with Gasteiger partial charge in [0.05, 0.1) is 28.5 Å². The minimum absolute atomic E-state index is 0.0258. The number of aryl methyl sites for hydroxylation is 1. The number of aliphatic hydroxyl groups excluding tert-OH is 1. The Kier molecular flexibility index (Phi) is 2.99. The molecule has 5 nitrogen and oxygen atoms in total. The van der Waals surface area contributed by atoms with E-state index in [-0.39, 0.29) is 11.5 Å². The number of rotatable bonds is 2. The first-order chi connectivity index (χ1) is 8.98. The molecule has 0 aromatic carbocycles. The molecular formula is C12H14N2O3S2. The summed E-state index contributed by atoms with van der Waals surface area (Å²) in [6.45, 7) is 1.99. The number of thiophene rings is 1. The standard InChI is InChI=1S/C12H14N2O3S2/c1-8-2-5-18-11(8)12-13-3-4-14(12)9-6-19(16,17)7-10(9)15/h2-5,9-10,15H,6-7H2,1H3/t9-,10-/m1/s1. The van der Waals surface area contributed by atoms with Crippen LogP contribution in [0.15, 0.2) is 23.8 Å². The van der Waals surface area contributed by atoms with Crippen molar-refractivity contribution in [1.82, 2.24) is 9.55 Å². The molecule has 0 amide bonds. The van der Waals surface area contributed by atoms with E-state index in [1.165, 1.54) is 0 Å². The predicted molar refractivity (Wildman–Crippen MR) is 74.0 cm³/mol. The van der Waals surface area contributed by atoms with Crippen LogP contribution >= 0.6 is 11.3 Å². The van der Waals surface area contributed by atoms with Crippen LogP contribution < -0.4 is 0 Å². The van der Waals surface area contributed by atoms with Crippen LogP contribution in [0.5, 0.6) is 0 Å². The second-order valence-corrected chi connectivity index (χ2v) is 7.87. The Morgan fingerprint density at radius 2 is 2.26 bits per heavy atom. The lowest BCUT2D eigenvalue weighted by atomic mass is 10.2. The molecular weight excluding hydrogens is 284 g/mol. The fourth-order valence-electron chi connectivity index (χ4n) is 2.43. The van der Waals surface area contributed by atoms with Crippen LogP contribution in [0.3, 0.4) is 0 Å². The highest BCUT2D eigenvalue weighted by Gasteiger charge is 2.38. The van der Waals surface area contributed by atoms with Crippen LogP contribution in [0.25, 0.3) is 10.7 Å². The summed E-state index contributed by atoms with van der Waals surface area (Å²) in [7, 11) is -3.16. The van der Waals surface area contributed by atoms with Gasteiger partial charge in [-0.05, 0) is 23.9 Å². The average Bonchev–Trinajstić information content (AvgIpc) is 2.97. The van der Waals surface area contributed by atoms with E-state index in [4.69, 9.17) is 0 Å². The minimum atomic E-state index is -3.16. The SMILES string of the molecule is Cc1ccsc1-c1nccn1[C@@H]1CS(=O)(=O)C[C@H]1O. The number of nitrogens with zero attached hydrogens (tertiary/aromatic N) is 2. The normalized spacial score (nSPS) is 25.8. The smallest absolute Gasteiger partial charge is 0.155 e. The molecule has 1 fully saturated rings. The van der Waals surface area contributed by atoms with Gasteiger partial charge in [-0.3, -0.25) is 0 Å². The summed E-state index contributed by atoms with van der Waals surface area (Å²) in [6, 6.07) is 1.56. The maximum Gasteiger partial charge on any atom is 0.155 e. The quantitative estimate of drug-likeness (QED) is 0.905. The molecule has 0 aliphatic carbocycles. The molecule has 102 valence electrons. The third kappa shape index (κ3) is 2.22. The van der Waals surface area contributed by atoms with Crippen molar-refractivity contribution in [2.45, 2.75) is 19.1 Å². The third-order valence-electron chi connectivity index (χ3n) is 3.38. The molecule has 1 aliphatic heterocycles. The lowest BCUT2D eigenvalue weighted by molar-refractivity contribution is 0.154. The second kappa shape index (κ2) is 4.43. The minimum Gasteiger partial charge on any atom is -0.390 e. The monoisotopic (exact) mass is 298 g/mol. The number of hydrogen-bond donors (Lipinski definition) is 1. The van der Waals surface area contributed by atoms with Gasteiger partial charge in [-0.2, -0.15) is 0 Å². The van der Waals surface area contributed by atoms with Crippen molar-refractivity contribution in [3.05, 3.63) is 29.4 Å². The van der Waals surface area contributed by atoms with Crippen LogP contribution in [-0.4, -0.2) is 40.7 Å². The van der Waals surface area contributed by atoms with Crippen molar-refractivity contribution >= 4 is 21.2 Å². The van der Waals surface area contributed by atoms with Gasteiger partial charge in [0.1, 0.15) is 0 Å². The molecule has 0 saturated carbocycles. The molecule has 1 N–H and O–H groups in total. The number of aliphatic hydroxyl groups is 1. The van der Waals surface area contributed by atoms with Crippen molar-refractivity contribution in [3.8, 4) is 10.7 Å². The van der Waals surface area contributed by atoms with Crippen LogP contribution in [0.1, 0.15) is 11.6 Å². The molecule has 3 heterocycles. The predicted octanol–water partition coefficient (Wildman–Crippen LogP) is 1.25. The van der Waals surface area contributed by atoms with Crippen LogP contribution in [-0.2, 0) is 9.84 Å². The van der Waals surface area contributed by atoms with E-state index in [2.05, 4.69) is 4.98 Å². The third-order valence-corrected chi connectivity index (χ3v) is 6.10. The summed E-state index contributed by atoms with van der Waals surface area (Å²) in [5.41, 5.74) is 1.10. The number of aromatic nitrogens is 2. The lowest BCUT2D eigenvalue weighted by Crippen LogP contribution is -2.22. The summed E-state index contributed by atoms with van der Waals surface area (Å²) in [4.78, 5) is 5.33. The van der Waals surface area contributed by atoms with Crippen molar-refractivity contribution < 1.29 is 13.5 Å². The average molecular weight is 298 g/mol. The molecule has 2 aromatic heterocycles. The van der Waals surface area contributed by atoms with E-state index in [0.717, 1.165) is 16.3 Å². The van der Waals surface area contributed by atoms with Crippen molar-refractivity contribution in [1.29, 1.82) is 0 Å². The summed E-state index contributed by atoms with van der Waals surface area (Å²) in [5, 5.41) is 11.9. The first-order valence-electron chi connectivity index (χ1n) is 5.94. The van der Waals surface area contributed by atoms with Crippen LogP contribution in [0.2, 0.25) is 0 Å². The topological polar surface area (TPSA) is 72.2 Å². The van der Waals surface area contributed by atoms with Gasteiger partial charge in [0.15, 0.2) is 15.7 Å². The maximum atomic E-state index is 11.6. The maximum absolute atomic E-state index is 11.6. The van der Waals surface area contributed by atoms with E-state index in [0.29, 0.717) is 0 Å². The number of sulfone groups is 1. The Morgan fingerprint density at radius 3 is 2.84 bits per heavy atom. The zero-order chi connectivity index (χ0) is 13.6. The van der Waals surface area contributed by atoms with Crippen molar-refractivity contribution in [2.75, 3.05) is 11.5 Å². The van der Waals surface area contributed by atoms with Gasteiger partial charge in [-0.1, -0.05) is 0 Å². The summed E-state index contributed by atoms with van der Waals surface area (Å²) >= 11 is 1.57. The molecule has 0 bridgehead atoms. The van der Waals surface area contributed by atoms with Crippen molar-refractivity contribution in [3.63, 3.8) is 0 Å². The Bertz CT molecular complexity index is 702. The first kappa shape index (κ1) is 12.8. The highest BCUT2D eigenvalue weighted by Crippen LogP contribution is 2.33. The van der Waals surface area contributed by atoms with Gasteiger partial charge in [0.25, 0.3) is 0 Å². The Balaban J connectivity index is 2.04. The van der Waals surface area contributed by atoms with Crippen LogP contribution in [0, 0.1) is 6.92 Å². The van der Waals surface area contributed by atoms with Gasteiger partial charge in [-0.15, -0.1) is 11.3 Å². The zero-order valence-electron chi connectivity index (χ0n) is 10.4. The molecule has 1 aliphatic rings. The first-order valence-corrected chi connectivity index (χ1v) is 8.64. The molecule has 3 rings (SSSR count). The molecule has 1 saturated heterocycles. The Morgan fingerprint density at radius 1 is 1.47 bits per heavy atom. The van der Waals surface area contributed by atoms with E-state index < -0.39 is 22.0 Å². The highest BCUT2D eigenvalue weighted by atomic mass is 32.2. The van der Waals surface area contributed by atoms with Gasteiger partial charge in [0.2, 0.25) is 0 Å². The van der Waals surface area contributed by atoms with E-state index in [1.807, 2.05) is 18.4 Å². The van der Waals surface area contributed by atoms with Crippen LogP contribution in [0.4, 0.5) is 0 Å². The summed E-state index contributed by atoms with van der Waals surface area (Å²) < 4.78 is 25.0. The van der Waals surface area contributed by atoms with Gasteiger partial charge >= 0.3 is 0 Å². The molecule has 0 radical (unpaired) electrons. The second-order valence-electron chi connectivity index (χ2n) is 4.80. The van der Waals surface area contributed by atoms with E-state index >= 15 is 0 Å². The molecule has 2 aromatic rings. The Labute approximate surface area is 115 Å². The highest BCUT2D eigenvalue weighted by molar-refractivity contribution is 7.91. The van der Waals surface area contributed by atoms with E-state index in [1.54, 1.807) is 28.3 Å². The fourth-order valence-corrected chi connectivity index (χ4v) is 5.14. The van der Waals surface area contributed by atoms with Gasteiger partial charge < -0.3 is 9.67 Å². The lowest BCUT2D eigenvalue weighted by Gasteiger charge is -2.17. The van der Waals surface area contributed by atoms with Gasteiger partial charge in [0, 0.05) is 12.4 Å². The van der Waals surface area contributed by atoms with Crippen molar-refractivity contribution in [2.24, 2.45) is 0 Å². The zero-order valence-corrected chi connectivity index (χ0v) is 12.0. The summed E-state index contributed by atoms with van der Waals surface area (Å²) in [5.74, 6) is 0.536. The molecule has 2 atom stereocenters. The molecule has 0 spiro atoms. The summed E-state index contributed by atoms with van der Waals surface area (Å²) in [6.07, 6.45) is 2.52. The van der Waals surface area contributed by atoms with Gasteiger partial charge in [-0.25, -0.2) is 13.4 Å². The van der Waals surface area contributed by atoms with E-state index in [9.17, 15) is 13.5 Å². The molecule has 7 heteroatoms. The largest absolute Gasteiger partial charge is 0.390 e. The number of hydrogen-bond acceptors (Lipinski definition) is 5. The fraction of sp³-hybridized carbons (Fsp3) is 0.417. The Hall–Kier alpha value is -1.18. The molecule has 19 heavy (non-hydrogen) atoms. The molecule has 0 unspecified atom stereocenters.